The number of hydrogen-bond acceptors (Lipinski definition) is 3. The van der Waals surface area contributed by atoms with E-state index in [4.69, 9.17) is 9.84 Å². The van der Waals surface area contributed by atoms with Crippen LogP contribution in [0.25, 0.3) is 0 Å². The van der Waals surface area contributed by atoms with Crippen molar-refractivity contribution < 1.29 is 19.0 Å². The first kappa shape index (κ1) is 15.4. The molecule has 4 nitrogen and oxygen atoms in total. The van der Waals surface area contributed by atoms with E-state index in [0.29, 0.717) is 25.3 Å². The molecule has 19 heavy (non-hydrogen) atoms. The smallest absolute Gasteiger partial charge is 0.309 e. The van der Waals surface area contributed by atoms with Crippen LogP contribution in [0, 0.1) is 11.2 Å². The summed E-state index contributed by atoms with van der Waals surface area (Å²) in [7, 11) is 1.49. The molecule has 0 unspecified atom stereocenters. The van der Waals surface area contributed by atoms with Crippen molar-refractivity contribution in [3.8, 4) is 5.75 Å². The van der Waals surface area contributed by atoms with Gasteiger partial charge in [-0.05, 0) is 44.5 Å². The fourth-order valence-electron chi connectivity index (χ4n) is 1.58. The SMILES string of the molecule is COc1cc(F)cc(CNCCC(C)(C)C(=O)O)c1. The number of carboxylic acids is 1. The lowest BCUT2D eigenvalue weighted by molar-refractivity contribution is -0.147. The summed E-state index contributed by atoms with van der Waals surface area (Å²) in [6.07, 6.45) is 0.509. The molecule has 1 aromatic rings. The van der Waals surface area contributed by atoms with E-state index >= 15 is 0 Å². The van der Waals surface area contributed by atoms with Gasteiger partial charge < -0.3 is 15.2 Å². The Morgan fingerprint density at radius 2 is 2.11 bits per heavy atom. The van der Waals surface area contributed by atoms with E-state index < -0.39 is 11.4 Å². The van der Waals surface area contributed by atoms with Gasteiger partial charge in [-0.15, -0.1) is 0 Å². The van der Waals surface area contributed by atoms with Gasteiger partial charge in [0.05, 0.1) is 12.5 Å². The molecule has 5 heteroatoms. The molecule has 1 rings (SSSR count). The van der Waals surface area contributed by atoms with Gasteiger partial charge in [0.15, 0.2) is 0 Å². The number of halogens is 1. The zero-order valence-corrected chi connectivity index (χ0v) is 11.5. The Morgan fingerprint density at radius 1 is 1.42 bits per heavy atom. The first-order valence-electron chi connectivity index (χ1n) is 6.13. The molecule has 2 N–H and O–H groups in total. The number of ether oxygens (including phenoxy) is 1. The molecule has 0 bridgehead atoms. The lowest BCUT2D eigenvalue weighted by atomic mass is 9.90. The number of nitrogens with one attached hydrogen (secondary N) is 1. The Morgan fingerprint density at radius 3 is 2.68 bits per heavy atom. The number of hydrogen-bond donors (Lipinski definition) is 2. The third kappa shape index (κ3) is 4.87. The molecule has 0 aliphatic rings. The van der Waals surface area contributed by atoms with E-state index in [-0.39, 0.29) is 5.82 Å². The van der Waals surface area contributed by atoms with E-state index in [1.54, 1.807) is 19.9 Å². The van der Waals surface area contributed by atoms with Crippen molar-refractivity contribution in [2.24, 2.45) is 5.41 Å². The van der Waals surface area contributed by atoms with Crippen molar-refractivity contribution in [2.75, 3.05) is 13.7 Å². The Kier molecular flexibility index (Phi) is 5.30. The van der Waals surface area contributed by atoms with Gasteiger partial charge in [0.25, 0.3) is 0 Å². The third-order valence-corrected chi connectivity index (χ3v) is 3.00. The van der Waals surface area contributed by atoms with E-state index in [1.165, 1.54) is 19.2 Å². The van der Waals surface area contributed by atoms with Crippen LogP contribution in [-0.2, 0) is 11.3 Å². The molecular weight excluding hydrogens is 249 g/mol. The summed E-state index contributed by atoms with van der Waals surface area (Å²) >= 11 is 0. The monoisotopic (exact) mass is 269 g/mol. The van der Waals surface area contributed by atoms with Crippen LogP contribution in [0.5, 0.6) is 5.75 Å². The zero-order chi connectivity index (χ0) is 14.5. The van der Waals surface area contributed by atoms with Crippen LogP contribution in [0.15, 0.2) is 18.2 Å². The van der Waals surface area contributed by atoms with Gasteiger partial charge in [0, 0.05) is 12.6 Å². The van der Waals surface area contributed by atoms with Gasteiger partial charge in [-0.3, -0.25) is 4.79 Å². The second-order valence-corrected chi connectivity index (χ2v) is 5.12. The topological polar surface area (TPSA) is 58.6 Å². The Labute approximate surface area is 112 Å². The van der Waals surface area contributed by atoms with Crippen molar-refractivity contribution >= 4 is 5.97 Å². The molecule has 0 aliphatic heterocycles. The highest BCUT2D eigenvalue weighted by Gasteiger charge is 2.25. The number of aliphatic carboxylic acids is 1. The Bertz CT molecular complexity index is 446. The number of carbonyl (C=O) groups is 1. The molecule has 0 fully saturated rings. The minimum absolute atomic E-state index is 0.345. The quantitative estimate of drug-likeness (QED) is 0.746. The van der Waals surface area contributed by atoms with Crippen molar-refractivity contribution in [1.82, 2.24) is 5.32 Å². The van der Waals surface area contributed by atoms with Crippen LogP contribution in [0.3, 0.4) is 0 Å². The van der Waals surface area contributed by atoms with Crippen LogP contribution in [0.4, 0.5) is 4.39 Å². The third-order valence-electron chi connectivity index (χ3n) is 3.00. The lowest BCUT2D eigenvalue weighted by Crippen LogP contribution is -2.28. The van der Waals surface area contributed by atoms with Crippen LogP contribution in [-0.4, -0.2) is 24.7 Å². The highest BCUT2D eigenvalue weighted by molar-refractivity contribution is 5.73. The zero-order valence-electron chi connectivity index (χ0n) is 11.5. The summed E-state index contributed by atoms with van der Waals surface area (Å²) in [5.41, 5.74) is 0.0112. The fraction of sp³-hybridized carbons (Fsp3) is 0.500. The molecule has 0 amide bonds. The van der Waals surface area contributed by atoms with Crippen LogP contribution < -0.4 is 10.1 Å². The fourth-order valence-corrected chi connectivity index (χ4v) is 1.58. The van der Waals surface area contributed by atoms with Crippen molar-refractivity contribution in [2.45, 2.75) is 26.8 Å². The minimum atomic E-state index is -0.818. The highest BCUT2D eigenvalue weighted by Crippen LogP contribution is 2.20. The maximum absolute atomic E-state index is 13.2. The average Bonchev–Trinajstić information content (AvgIpc) is 2.33. The first-order chi connectivity index (χ1) is 8.85. The minimum Gasteiger partial charge on any atom is -0.497 e. The number of methoxy groups -OCH3 is 1. The molecular formula is C14H20FNO3. The highest BCUT2D eigenvalue weighted by atomic mass is 19.1. The predicted octanol–water partition coefficient (Wildman–Crippen LogP) is 2.42. The van der Waals surface area contributed by atoms with Crippen molar-refractivity contribution in [1.29, 1.82) is 0 Å². The van der Waals surface area contributed by atoms with Gasteiger partial charge in [-0.2, -0.15) is 0 Å². The molecule has 106 valence electrons. The van der Waals surface area contributed by atoms with Crippen molar-refractivity contribution in [3.63, 3.8) is 0 Å². The van der Waals surface area contributed by atoms with Crippen LogP contribution in [0.1, 0.15) is 25.8 Å². The van der Waals surface area contributed by atoms with Gasteiger partial charge >= 0.3 is 5.97 Å². The molecule has 0 radical (unpaired) electrons. The Balaban J connectivity index is 2.46. The maximum Gasteiger partial charge on any atom is 0.309 e. The number of carboxylic acid groups (broad SMARTS) is 1. The van der Waals surface area contributed by atoms with Gasteiger partial charge in [0.2, 0.25) is 0 Å². The number of rotatable bonds is 7. The molecule has 0 saturated heterocycles. The van der Waals surface area contributed by atoms with E-state index in [2.05, 4.69) is 5.32 Å². The molecule has 0 saturated carbocycles. The molecule has 0 aromatic heterocycles. The van der Waals surface area contributed by atoms with Gasteiger partial charge in [-0.25, -0.2) is 4.39 Å². The molecule has 0 aliphatic carbocycles. The summed E-state index contributed by atoms with van der Waals surface area (Å²) in [6.45, 7) is 4.40. The lowest BCUT2D eigenvalue weighted by Gasteiger charge is -2.19. The van der Waals surface area contributed by atoms with E-state index in [1.807, 2.05) is 0 Å². The van der Waals surface area contributed by atoms with Gasteiger partial charge in [0.1, 0.15) is 11.6 Å². The maximum atomic E-state index is 13.2. The normalized spacial score (nSPS) is 11.4. The average molecular weight is 269 g/mol. The largest absolute Gasteiger partial charge is 0.497 e. The van der Waals surface area contributed by atoms with E-state index in [9.17, 15) is 9.18 Å². The summed E-state index contributed by atoms with van der Waals surface area (Å²) in [4.78, 5) is 10.9. The van der Waals surface area contributed by atoms with E-state index in [0.717, 1.165) is 5.56 Å². The summed E-state index contributed by atoms with van der Waals surface area (Å²) < 4.78 is 18.2. The van der Waals surface area contributed by atoms with Crippen LogP contribution >= 0.6 is 0 Å². The standard InChI is InChI=1S/C14H20FNO3/c1-14(2,13(17)18)4-5-16-9-10-6-11(15)8-12(7-10)19-3/h6-8,16H,4-5,9H2,1-3H3,(H,17,18). The van der Waals surface area contributed by atoms with Crippen molar-refractivity contribution in [3.05, 3.63) is 29.6 Å². The molecule has 0 spiro atoms. The molecule has 0 atom stereocenters. The van der Waals surface area contributed by atoms with Gasteiger partial charge in [-0.1, -0.05) is 0 Å². The van der Waals surface area contributed by atoms with Crippen LogP contribution in [0.2, 0.25) is 0 Å². The summed E-state index contributed by atoms with van der Waals surface area (Å²) in [5.74, 6) is -0.689. The Hall–Kier alpha value is -1.62. The molecule has 0 heterocycles. The predicted molar refractivity (Wildman–Crippen MR) is 70.7 cm³/mol. The summed E-state index contributed by atoms with van der Waals surface area (Å²) in [5, 5.41) is 12.1. The number of benzene rings is 1. The second-order valence-electron chi connectivity index (χ2n) is 5.12. The summed E-state index contributed by atoms with van der Waals surface area (Å²) in [6, 6.07) is 4.49. The molecule has 1 aromatic carbocycles. The first-order valence-corrected chi connectivity index (χ1v) is 6.13. The second kappa shape index (κ2) is 6.52.